The van der Waals surface area contributed by atoms with Crippen LogP contribution in [0.25, 0.3) is 6.08 Å². The maximum atomic E-state index is 12.9. The molecule has 5 heteroatoms. The number of fused-ring (bicyclic) bond motifs is 1. The van der Waals surface area contributed by atoms with Gasteiger partial charge in [0.2, 0.25) is 0 Å². The van der Waals surface area contributed by atoms with Crippen LogP contribution in [0.1, 0.15) is 48.5 Å². The smallest absolute Gasteiger partial charge is 0.264 e. The van der Waals surface area contributed by atoms with Gasteiger partial charge in [0.05, 0.1) is 10.6 Å². The van der Waals surface area contributed by atoms with Crippen molar-refractivity contribution < 1.29 is 9.59 Å². The molecule has 0 saturated heterocycles. The van der Waals surface area contributed by atoms with Crippen LogP contribution >= 0.6 is 11.8 Å². The average Bonchev–Trinajstić information content (AvgIpc) is 2.74. The number of nitrogens with one attached hydrogen (secondary N) is 1. The average molecular weight is 407 g/mol. The molecule has 4 rings (SSSR count). The van der Waals surface area contributed by atoms with Gasteiger partial charge in [-0.05, 0) is 48.6 Å². The van der Waals surface area contributed by atoms with Crippen molar-refractivity contribution in [2.75, 3.05) is 11.9 Å². The van der Waals surface area contributed by atoms with Gasteiger partial charge in [-0.1, -0.05) is 61.9 Å². The quantitative estimate of drug-likeness (QED) is 0.721. The second kappa shape index (κ2) is 8.46. The summed E-state index contributed by atoms with van der Waals surface area (Å²) in [4.78, 5) is 29.0. The number of hydrogen-bond acceptors (Lipinski definition) is 3. The Kier molecular flexibility index (Phi) is 5.76. The summed E-state index contributed by atoms with van der Waals surface area (Å²) in [6.45, 7) is 2.21. The molecule has 2 aliphatic rings. The number of carbonyl (C=O) groups is 2. The molecule has 1 N–H and O–H groups in total. The number of likely N-dealkylation sites (N-methyl/N-ethyl adjacent to an activating group) is 1. The zero-order valence-corrected chi connectivity index (χ0v) is 17.7. The lowest BCUT2D eigenvalue weighted by atomic mass is 9.86. The molecular weight excluding hydrogens is 380 g/mol. The number of carbonyl (C=O) groups excluding carboxylic acids is 2. The summed E-state index contributed by atoms with van der Waals surface area (Å²) in [6, 6.07) is 15.7. The molecule has 1 aliphatic carbocycles. The molecule has 0 aromatic heterocycles. The van der Waals surface area contributed by atoms with Crippen molar-refractivity contribution in [3.8, 4) is 0 Å². The van der Waals surface area contributed by atoms with E-state index in [-0.39, 0.29) is 17.9 Å². The molecule has 29 heavy (non-hydrogen) atoms. The van der Waals surface area contributed by atoms with E-state index in [1.807, 2.05) is 54.6 Å². The molecule has 0 spiro atoms. The van der Waals surface area contributed by atoms with Crippen LogP contribution in [0.15, 0.2) is 58.3 Å². The Bertz CT molecular complexity index is 955. The molecule has 0 radical (unpaired) electrons. The predicted molar refractivity (Wildman–Crippen MR) is 119 cm³/mol. The maximum Gasteiger partial charge on any atom is 0.264 e. The molecular formula is C24H26N2O2S. The number of benzene rings is 2. The molecule has 0 bridgehead atoms. The SMILES string of the molecule is CC1CCCCC1NC(=O)c1ccc2c(c1)N(C)C(=O)C(=Cc1ccccc1)S2. The van der Waals surface area contributed by atoms with Crippen molar-refractivity contribution in [1.29, 1.82) is 0 Å². The van der Waals surface area contributed by atoms with Crippen LogP contribution in [-0.2, 0) is 4.79 Å². The summed E-state index contributed by atoms with van der Waals surface area (Å²) in [5, 5.41) is 3.20. The Morgan fingerprint density at radius 3 is 2.66 bits per heavy atom. The van der Waals surface area contributed by atoms with Gasteiger partial charge in [0.25, 0.3) is 11.8 Å². The molecule has 1 heterocycles. The Morgan fingerprint density at radius 1 is 1.14 bits per heavy atom. The summed E-state index contributed by atoms with van der Waals surface area (Å²) < 4.78 is 0. The fourth-order valence-electron chi connectivity index (χ4n) is 4.02. The minimum Gasteiger partial charge on any atom is -0.349 e. The lowest BCUT2D eigenvalue weighted by molar-refractivity contribution is -0.114. The third-order valence-electron chi connectivity index (χ3n) is 5.84. The minimum atomic E-state index is -0.0528. The highest BCUT2D eigenvalue weighted by atomic mass is 32.2. The van der Waals surface area contributed by atoms with Crippen LogP contribution in [-0.4, -0.2) is 24.9 Å². The van der Waals surface area contributed by atoms with Crippen molar-refractivity contribution in [3.05, 3.63) is 64.6 Å². The molecule has 2 aromatic rings. The van der Waals surface area contributed by atoms with Crippen LogP contribution in [0, 0.1) is 5.92 Å². The van der Waals surface area contributed by atoms with Crippen LogP contribution < -0.4 is 10.2 Å². The van der Waals surface area contributed by atoms with Crippen molar-refractivity contribution in [3.63, 3.8) is 0 Å². The van der Waals surface area contributed by atoms with Crippen LogP contribution in [0.3, 0.4) is 0 Å². The second-order valence-corrected chi connectivity index (χ2v) is 8.99. The minimum absolute atomic E-state index is 0.0511. The maximum absolute atomic E-state index is 12.9. The standard InChI is InChI=1S/C24H26N2O2S/c1-16-8-6-7-11-19(16)25-23(27)18-12-13-21-20(15-18)26(2)24(28)22(29-21)14-17-9-4-3-5-10-17/h3-5,9-10,12-16,19H,6-8,11H2,1-2H3,(H,25,27). The zero-order chi connectivity index (χ0) is 20.4. The largest absolute Gasteiger partial charge is 0.349 e. The summed E-state index contributed by atoms with van der Waals surface area (Å²) in [5.74, 6) is 0.406. The molecule has 1 saturated carbocycles. The van der Waals surface area contributed by atoms with E-state index < -0.39 is 0 Å². The van der Waals surface area contributed by atoms with Gasteiger partial charge in [-0.15, -0.1) is 0 Å². The molecule has 2 atom stereocenters. The lowest BCUT2D eigenvalue weighted by Crippen LogP contribution is -2.41. The van der Waals surface area contributed by atoms with Crippen molar-refractivity contribution >= 4 is 35.3 Å². The van der Waals surface area contributed by atoms with Crippen LogP contribution in [0.4, 0.5) is 5.69 Å². The first-order chi connectivity index (χ1) is 14.0. The number of anilines is 1. The summed E-state index contributed by atoms with van der Waals surface area (Å²) in [6.07, 6.45) is 6.54. The van der Waals surface area contributed by atoms with Crippen molar-refractivity contribution in [2.24, 2.45) is 5.92 Å². The Hall–Kier alpha value is -2.53. The summed E-state index contributed by atoms with van der Waals surface area (Å²) >= 11 is 1.46. The van der Waals surface area contributed by atoms with Gasteiger partial charge < -0.3 is 10.2 Å². The number of rotatable bonds is 3. The molecule has 150 valence electrons. The topological polar surface area (TPSA) is 49.4 Å². The first-order valence-corrected chi connectivity index (χ1v) is 11.0. The van der Waals surface area contributed by atoms with E-state index in [1.54, 1.807) is 11.9 Å². The van der Waals surface area contributed by atoms with Gasteiger partial charge in [-0.25, -0.2) is 0 Å². The number of amides is 2. The van der Waals surface area contributed by atoms with Crippen LogP contribution in [0.5, 0.6) is 0 Å². The van der Waals surface area contributed by atoms with E-state index >= 15 is 0 Å². The highest BCUT2D eigenvalue weighted by Gasteiger charge is 2.28. The van der Waals surface area contributed by atoms with E-state index in [0.717, 1.165) is 22.6 Å². The van der Waals surface area contributed by atoms with Crippen LogP contribution in [0.2, 0.25) is 0 Å². The van der Waals surface area contributed by atoms with E-state index in [4.69, 9.17) is 0 Å². The molecule has 2 aromatic carbocycles. The normalized spacial score (nSPS) is 23.0. The first kappa shape index (κ1) is 19.8. The van der Waals surface area contributed by atoms with Gasteiger partial charge in [0.1, 0.15) is 0 Å². The molecule has 1 aliphatic heterocycles. The lowest BCUT2D eigenvalue weighted by Gasteiger charge is -2.30. The fourth-order valence-corrected chi connectivity index (χ4v) is 5.11. The highest BCUT2D eigenvalue weighted by Crippen LogP contribution is 2.42. The van der Waals surface area contributed by atoms with Crippen molar-refractivity contribution in [1.82, 2.24) is 5.32 Å². The van der Waals surface area contributed by atoms with E-state index in [2.05, 4.69) is 12.2 Å². The third-order valence-corrected chi connectivity index (χ3v) is 6.92. The van der Waals surface area contributed by atoms with Gasteiger partial charge in [0, 0.05) is 23.5 Å². The Morgan fingerprint density at radius 2 is 1.90 bits per heavy atom. The number of hydrogen-bond donors (Lipinski definition) is 1. The Balaban J connectivity index is 1.55. The Labute approximate surface area is 176 Å². The zero-order valence-electron chi connectivity index (χ0n) is 16.9. The molecule has 1 fully saturated rings. The fraction of sp³-hybridized carbons (Fsp3) is 0.333. The summed E-state index contributed by atoms with van der Waals surface area (Å²) in [7, 11) is 1.77. The molecule has 2 amide bonds. The first-order valence-electron chi connectivity index (χ1n) is 10.2. The van der Waals surface area contributed by atoms with Gasteiger partial charge in [-0.3, -0.25) is 9.59 Å². The van der Waals surface area contributed by atoms with E-state index in [9.17, 15) is 9.59 Å². The second-order valence-electron chi connectivity index (χ2n) is 7.91. The highest BCUT2D eigenvalue weighted by molar-refractivity contribution is 8.04. The van der Waals surface area contributed by atoms with Gasteiger partial charge in [0.15, 0.2) is 0 Å². The molecule has 4 nitrogen and oxygen atoms in total. The predicted octanol–water partition coefficient (Wildman–Crippen LogP) is 5.10. The number of nitrogens with zero attached hydrogens (tertiary/aromatic N) is 1. The van der Waals surface area contributed by atoms with E-state index in [0.29, 0.717) is 16.4 Å². The van der Waals surface area contributed by atoms with E-state index in [1.165, 1.54) is 31.0 Å². The number of thioether (sulfide) groups is 1. The summed E-state index contributed by atoms with van der Waals surface area (Å²) in [5.41, 5.74) is 2.39. The molecule has 2 unspecified atom stereocenters. The van der Waals surface area contributed by atoms with Gasteiger partial charge >= 0.3 is 0 Å². The van der Waals surface area contributed by atoms with Gasteiger partial charge in [-0.2, -0.15) is 0 Å². The third kappa shape index (κ3) is 4.25. The monoisotopic (exact) mass is 406 g/mol. The van der Waals surface area contributed by atoms with Crippen molar-refractivity contribution in [2.45, 2.75) is 43.5 Å².